The molecule has 0 radical (unpaired) electrons. The van der Waals surface area contributed by atoms with E-state index in [2.05, 4.69) is 15.5 Å². The average Bonchev–Trinajstić information content (AvgIpc) is 3.23. The van der Waals surface area contributed by atoms with Gasteiger partial charge < -0.3 is 19.2 Å². The number of aryl methyl sites for hydroxylation is 1. The van der Waals surface area contributed by atoms with Gasteiger partial charge in [0, 0.05) is 17.2 Å². The Morgan fingerprint density at radius 2 is 1.77 bits per heavy atom. The van der Waals surface area contributed by atoms with Crippen LogP contribution in [0, 0.1) is 6.92 Å². The third kappa shape index (κ3) is 5.08. The molecule has 0 spiro atoms. The Labute approximate surface area is 179 Å². The number of ether oxygens (including phenoxy) is 2. The van der Waals surface area contributed by atoms with Gasteiger partial charge in [0.2, 0.25) is 5.88 Å². The van der Waals surface area contributed by atoms with E-state index in [1.165, 1.54) is 0 Å². The molecule has 1 amide bonds. The number of nitrogens with zero attached hydrogens (tertiary/aromatic N) is 2. The molecule has 1 N–H and O–H groups in total. The first-order valence-corrected chi connectivity index (χ1v) is 9.70. The van der Waals surface area contributed by atoms with Crippen LogP contribution >= 0.6 is 0 Å². The van der Waals surface area contributed by atoms with Gasteiger partial charge in [0.05, 0.1) is 19.3 Å². The summed E-state index contributed by atoms with van der Waals surface area (Å²) < 4.78 is 16.3. The number of methoxy groups -OCH3 is 1. The van der Waals surface area contributed by atoms with Crippen molar-refractivity contribution in [3.63, 3.8) is 0 Å². The van der Waals surface area contributed by atoms with Crippen molar-refractivity contribution in [2.24, 2.45) is 0 Å². The maximum absolute atomic E-state index is 12.5. The van der Waals surface area contributed by atoms with Crippen molar-refractivity contribution in [3.05, 3.63) is 89.9 Å². The van der Waals surface area contributed by atoms with Crippen molar-refractivity contribution >= 4 is 5.91 Å². The fourth-order valence-corrected chi connectivity index (χ4v) is 2.96. The number of furan rings is 1. The van der Waals surface area contributed by atoms with Crippen molar-refractivity contribution in [3.8, 4) is 28.6 Å². The molecule has 2 aromatic carbocycles. The standard InChI is InChI=1S/C24H21N3O4/c1-16-6-7-21(30-16)15-25-24(28)18-5-3-4-17(14-18)22-12-13-23(27-26-22)31-20-10-8-19(29-2)9-11-20/h3-14H,15H2,1-2H3,(H,25,28). The van der Waals surface area contributed by atoms with Crippen LogP contribution in [0.3, 0.4) is 0 Å². The minimum atomic E-state index is -0.191. The van der Waals surface area contributed by atoms with E-state index in [9.17, 15) is 4.79 Å². The largest absolute Gasteiger partial charge is 0.497 e. The summed E-state index contributed by atoms with van der Waals surface area (Å²) in [7, 11) is 1.61. The van der Waals surface area contributed by atoms with Gasteiger partial charge in [-0.2, -0.15) is 0 Å². The van der Waals surface area contributed by atoms with E-state index < -0.39 is 0 Å². The van der Waals surface area contributed by atoms with Gasteiger partial charge in [-0.1, -0.05) is 12.1 Å². The van der Waals surface area contributed by atoms with Crippen LogP contribution in [-0.4, -0.2) is 23.2 Å². The Balaban J connectivity index is 1.42. The fraction of sp³-hybridized carbons (Fsp3) is 0.125. The zero-order valence-corrected chi connectivity index (χ0v) is 17.2. The number of rotatable bonds is 7. The normalized spacial score (nSPS) is 10.5. The molecule has 7 heteroatoms. The predicted molar refractivity (Wildman–Crippen MR) is 115 cm³/mol. The monoisotopic (exact) mass is 415 g/mol. The Hall–Kier alpha value is -4.13. The minimum Gasteiger partial charge on any atom is -0.497 e. The van der Waals surface area contributed by atoms with E-state index >= 15 is 0 Å². The van der Waals surface area contributed by atoms with Crippen LogP contribution in [-0.2, 0) is 6.54 Å². The number of carbonyl (C=O) groups is 1. The van der Waals surface area contributed by atoms with Crippen LogP contribution in [0.5, 0.6) is 17.4 Å². The van der Waals surface area contributed by atoms with Gasteiger partial charge in [-0.25, -0.2) is 0 Å². The highest BCUT2D eigenvalue weighted by Crippen LogP contribution is 2.24. The first-order valence-electron chi connectivity index (χ1n) is 9.70. The molecule has 0 atom stereocenters. The molecule has 0 aliphatic carbocycles. The smallest absolute Gasteiger partial charge is 0.251 e. The Morgan fingerprint density at radius 1 is 0.968 bits per heavy atom. The summed E-state index contributed by atoms with van der Waals surface area (Å²) in [6.45, 7) is 2.19. The van der Waals surface area contributed by atoms with Gasteiger partial charge in [-0.15, -0.1) is 10.2 Å². The fourth-order valence-electron chi connectivity index (χ4n) is 2.96. The summed E-state index contributed by atoms with van der Waals surface area (Å²) in [6, 6.07) is 21.7. The molecule has 0 bridgehead atoms. The van der Waals surface area contributed by atoms with Crippen molar-refractivity contribution < 1.29 is 18.7 Å². The molecule has 4 rings (SSSR count). The summed E-state index contributed by atoms with van der Waals surface area (Å²) in [5.41, 5.74) is 1.95. The molecule has 0 saturated heterocycles. The van der Waals surface area contributed by atoms with Gasteiger partial charge in [0.25, 0.3) is 5.91 Å². The van der Waals surface area contributed by atoms with E-state index in [1.54, 1.807) is 55.6 Å². The third-order valence-corrected chi connectivity index (χ3v) is 4.56. The van der Waals surface area contributed by atoms with Gasteiger partial charge in [-0.3, -0.25) is 4.79 Å². The molecular weight excluding hydrogens is 394 g/mol. The van der Waals surface area contributed by atoms with Crippen molar-refractivity contribution in [1.82, 2.24) is 15.5 Å². The zero-order valence-electron chi connectivity index (χ0n) is 17.2. The maximum Gasteiger partial charge on any atom is 0.251 e. The molecule has 2 aromatic heterocycles. The molecule has 0 fully saturated rings. The first-order chi connectivity index (χ1) is 15.1. The van der Waals surface area contributed by atoms with E-state index in [0.29, 0.717) is 35.2 Å². The number of hydrogen-bond donors (Lipinski definition) is 1. The SMILES string of the molecule is COc1ccc(Oc2ccc(-c3cccc(C(=O)NCc4ccc(C)o4)c3)nn2)cc1. The van der Waals surface area contributed by atoms with E-state index in [1.807, 2.05) is 31.2 Å². The Morgan fingerprint density at radius 3 is 2.45 bits per heavy atom. The Kier molecular flexibility index (Phi) is 5.93. The number of amides is 1. The second-order valence-electron chi connectivity index (χ2n) is 6.81. The average molecular weight is 415 g/mol. The lowest BCUT2D eigenvalue weighted by molar-refractivity contribution is 0.0948. The quantitative estimate of drug-likeness (QED) is 0.468. The summed E-state index contributed by atoms with van der Waals surface area (Å²) in [6.07, 6.45) is 0. The lowest BCUT2D eigenvalue weighted by Crippen LogP contribution is -2.22. The highest BCUT2D eigenvalue weighted by Gasteiger charge is 2.10. The highest BCUT2D eigenvalue weighted by atomic mass is 16.5. The molecule has 0 unspecified atom stereocenters. The van der Waals surface area contributed by atoms with E-state index in [0.717, 1.165) is 17.1 Å². The van der Waals surface area contributed by atoms with Crippen LogP contribution in [0.4, 0.5) is 0 Å². The van der Waals surface area contributed by atoms with Crippen LogP contribution in [0.1, 0.15) is 21.9 Å². The number of hydrogen-bond acceptors (Lipinski definition) is 6. The molecule has 0 aliphatic rings. The molecular formula is C24H21N3O4. The van der Waals surface area contributed by atoms with Crippen LogP contribution < -0.4 is 14.8 Å². The lowest BCUT2D eigenvalue weighted by Gasteiger charge is -2.07. The summed E-state index contributed by atoms with van der Waals surface area (Å²) in [5.74, 6) is 3.08. The summed E-state index contributed by atoms with van der Waals surface area (Å²) in [4.78, 5) is 12.5. The molecule has 0 aliphatic heterocycles. The van der Waals surface area contributed by atoms with Gasteiger partial charge >= 0.3 is 0 Å². The molecule has 156 valence electrons. The van der Waals surface area contributed by atoms with E-state index in [4.69, 9.17) is 13.9 Å². The van der Waals surface area contributed by atoms with Crippen LogP contribution in [0.2, 0.25) is 0 Å². The second-order valence-corrected chi connectivity index (χ2v) is 6.81. The van der Waals surface area contributed by atoms with Crippen LogP contribution in [0.15, 0.2) is 77.2 Å². The second kappa shape index (κ2) is 9.13. The molecule has 0 saturated carbocycles. The van der Waals surface area contributed by atoms with Crippen molar-refractivity contribution in [2.75, 3.05) is 7.11 Å². The topological polar surface area (TPSA) is 86.5 Å². The van der Waals surface area contributed by atoms with Gasteiger partial charge in [0.15, 0.2) is 0 Å². The highest BCUT2D eigenvalue weighted by molar-refractivity contribution is 5.95. The molecule has 31 heavy (non-hydrogen) atoms. The number of nitrogens with one attached hydrogen (secondary N) is 1. The van der Waals surface area contributed by atoms with Gasteiger partial charge in [-0.05, 0) is 61.5 Å². The molecule has 4 aromatic rings. The summed E-state index contributed by atoms with van der Waals surface area (Å²) in [5, 5.41) is 11.2. The summed E-state index contributed by atoms with van der Waals surface area (Å²) >= 11 is 0. The van der Waals surface area contributed by atoms with Crippen LogP contribution in [0.25, 0.3) is 11.3 Å². The molecule has 2 heterocycles. The minimum absolute atomic E-state index is 0.191. The first kappa shape index (κ1) is 20.2. The predicted octanol–water partition coefficient (Wildman–Crippen LogP) is 4.78. The van der Waals surface area contributed by atoms with Crippen molar-refractivity contribution in [1.29, 1.82) is 0 Å². The maximum atomic E-state index is 12.5. The number of carbonyl (C=O) groups excluding carboxylic acids is 1. The number of aromatic nitrogens is 2. The third-order valence-electron chi connectivity index (χ3n) is 4.56. The number of benzene rings is 2. The zero-order chi connectivity index (χ0) is 21.6. The molecule has 7 nitrogen and oxygen atoms in total. The Bertz CT molecular complexity index is 1170. The lowest BCUT2D eigenvalue weighted by atomic mass is 10.1. The van der Waals surface area contributed by atoms with Gasteiger partial charge in [0.1, 0.15) is 23.0 Å². The van der Waals surface area contributed by atoms with E-state index in [-0.39, 0.29) is 5.91 Å². The van der Waals surface area contributed by atoms with Crippen molar-refractivity contribution in [2.45, 2.75) is 13.5 Å².